The van der Waals surface area contributed by atoms with Crippen molar-refractivity contribution in [2.24, 2.45) is 0 Å². The highest BCUT2D eigenvalue weighted by molar-refractivity contribution is 7.85. The maximum Gasteiger partial charge on any atom is 0.0505 e. The van der Waals surface area contributed by atoms with E-state index in [0.717, 1.165) is 5.56 Å². The van der Waals surface area contributed by atoms with Crippen LogP contribution in [0.25, 0.3) is 0 Å². The fraction of sp³-hybridized carbons (Fsp3) is 0.455. The molecule has 2 nitrogen and oxygen atoms in total. The minimum atomic E-state index is -0.930. The van der Waals surface area contributed by atoms with Gasteiger partial charge in [0.2, 0.25) is 0 Å². The van der Waals surface area contributed by atoms with Crippen LogP contribution in [0, 0.1) is 0 Å². The Balaban J connectivity index is 2.87. The van der Waals surface area contributed by atoms with E-state index in [0.29, 0.717) is 16.5 Å². The van der Waals surface area contributed by atoms with Gasteiger partial charge >= 0.3 is 0 Å². The SMILES string of the molecule is CC(C)(C)S(=O)Cc1ccc(N)cc1Cl. The number of hydrogen-bond acceptors (Lipinski definition) is 2. The summed E-state index contributed by atoms with van der Waals surface area (Å²) in [5.41, 5.74) is 7.10. The summed E-state index contributed by atoms with van der Waals surface area (Å²) in [4.78, 5) is 0. The zero-order valence-corrected chi connectivity index (χ0v) is 10.8. The summed E-state index contributed by atoms with van der Waals surface area (Å²) in [6.07, 6.45) is 0. The molecule has 0 aliphatic carbocycles. The lowest BCUT2D eigenvalue weighted by Crippen LogP contribution is -2.23. The molecule has 2 N–H and O–H groups in total. The number of rotatable bonds is 2. The molecule has 0 amide bonds. The number of anilines is 1. The van der Waals surface area contributed by atoms with Crippen LogP contribution in [0.5, 0.6) is 0 Å². The third kappa shape index (κ3) is 3.50. The molecule has 0 radical (unpaired) electrons. The molecule has 1 atom stereocenters. The molecule has 0 aliphatic heterocycles. The Morgan fingerprint density at radius 1 is 1.40 bits per heavy atom. The summed E-state index contributed by atoms with van der Waals surface area (Å²) >= 11 is 6.01. The molecule has 84 valence electrons. The van der Waals surface area contributed by atoms with Crippen LogP contribution < -0.4 is 5.73 Å². The number of halogens is 1. The van der Waals surface area contributed by atoms with Gasteiger partial charge in [0.1, 0.15) is 0 Å². The lowest BCUT2D eigenvalue weighted by Gasteiger charge is -2.18. The van der Waals surface area contributed by atoms with Crippen LogP contribution in [-0.2, 0) is 16.6 Å². The van der Waals surface area contributed by atoms with E-state index in [1.54, 1.807) is 12.1 Å². The minimum absolute atomic E-state index is 0.218. The Morgan fingerprint density at radius 2 is 2.00 bits per heavy atom. The second-order valence-corrected chi connectivity index (χ2v) is 7.06. The first-order valence-electron chi connectivity index (χ1n) is 4.73. The molecular formula is C11H16ClNOS. The first-order valence-corrected chi connectivity index (χ1v) is 6.43. The molecule has 0 heterocycles. The van der Waals surface area contributed by atoms with Crippen LogP contribution >= 0.6 is 11.6 Å². The van der Waals surface area contributed by atoms with Crippen molar-refractivity contribution in [2.75, 3.05) is 5.73 Å². The normalized spacial score (nSPS) is 13.9. The highest BCUT2D eigenvalue weighted by Gasteiger charge is 2.20. The van der Waals surface area contributed by atoms with E-state index in [1.165, 1.54) is 0 Å². The van der Waals surface area contributed by atoms with Crippen LogP contribution in [0.1, 0.15) is 26.3 Å². The number of benzene rings is 1. The van der Waals surface area contributed by atoms with Gasteiger partial charge < -0.3 is 5.73 Å². The minimum Gasteiger partial charge on any atom is -0.399 e. The van der Waals surface area contributed by atoms with Gasteiger partial charge in [-0.1, -0.05) is 17.7 Å². The van der Waals surface area contributed by atoms with Crippen molar-refractivity contribution in [1.29, 1.82) is 0 Å². The standard InChI is InChI=1S/C11H16ClNOS/c1-11(2,3)15(14)7-8-4-5-9(13)6-10(8)12/h4-6H,7,13H2,1-3H3. The summed E-state index contributed by atoms with van der Waals surface area (Å²) in [6, 6.07) is 5.30. The Bertz CT molecular complexity index is 385. The van der Waals surface area contributed by atoms with Crippen LogP contribution in [-0.4, -0.2) is 8.96 Å². The second-order valence-electron chi connectivity index (χ2n) is 4.45. The summed E-state index contributed by atoms with van der Waals surface area (Å²) in [6.45, 7) is 5.86. The van der Waals surface area contributed by atoms with Crippen molar-refractivity contribution >= 4 is 28.1 Å². The Morgan fingerprint density at radius 3 is 2.47 bits per heavy atom. The van der Waals surface area contributed by atoms with Gasteiger partial charge in [0.15, 0.2) is 0 Å². The highest BCUT2D eigenvalue weighted by atomic mass is 35.5. The molecule has 0 bridgehead atoms. The number of hydrogen-bond donors (Lipinski definition) is 1. The van der Waals surface area contributed by atoms with E-state index in [4.69, 9.17) is 17.3 Å². The monoisotopic (exact) mass is 245 g/mol. The van der Waals surface area contributed by atoms with Gasteiger partial charge in [0.25, 0.3) is 0 Å². The summed E-state index contributed by atoms with van der Waals surface area (Å²) in [5, 5.41) is 0.590. The van der Waals surface area contributed by atoms with Crippen molar-refractivity contribution in [3.8, 4) is 0 Å². The third-order valence-corrected chi connectivity index (χ3v) is 4.34. The first-order chi connectivity index (χ1) is 6.80. The van der Waals surface area contributed by atoms with Crippen molar-refractivity contribution in [2.45, 2.75) is 31.3 Å². The van der Waals surface area contributed by atoms with Crippen LogP contribution in [0.15, 0.2) is 18.2 Å². The molecule has 1 unspecified atom stereocenters. The number of nitrogens with two attached hydrogens (primary N) is 1. The quantitative estimate of drug-likeness (QED) is 0.814. The summed E-state index contributed by atoms with van der Waals surface area (Å²) < 4.78 is 11.7. The Hall–Kier alpha value is -0.540. The van der Waals surface area contributed by atoms with Gasteiger partial charge in [-0.2, -0.15) is 0 Å². The second kappa shape index (κ2) is 4.54. The van der Waals surface area contributed by atoms with Crippen molar-refractivity contribution in [3.05, 3.63) is 28.8 Å². The lowest BCUT2D eigenvalue weighted by atomic mass is 10.2. The zero-order chi connectivity index (χ0) is 11.6. The average molecular weight is 246 g/mol. The van der Waals surface area contributed by atoms with Crippen LogP contribution in [0.2, 0.25) is 5.02 Å². The molecule has 4 heteroatoms. The Labute approximate surface area is 98.3 Å². The number of nitrogen functional groups attached to an aromatic ring is 1. The molecule has 1 rings (SSSR count). The van der Waals surface area contributed by atoms with E-state index in [9.17, 15) is 4.21 Å². The summed E-state index contributed by atoms with van der Waals surface area (Å²) in [5.74, 6) is 0.475. The van der Waals surface area contributed by atoms with E-state index >= 15 is 0 Å². The molecule has 0 saturated carbocycles. The maximum atomic E-state index is 11.9. The Kier molecular flexibility index (Phi) is 3.79. The van der Waals surface area contributed by atoms with Gasteiger partial charge in [-0.15, -0.1) is 0 Å². The van der Waals surface area contributed by atoms with E-state index in [1.807, 2.05) is 26.8 Å². The maximum absolute atomic E-state index is 11.9. The summed E-state index contributed by atoms with van der Waals surface area (Å²) in [7, 11) is -0.930. The fourth-order valence-corrected chi connectivity index (χ4v) is 2.34. The van der Waals surface area contributed by atoms with Gasteiger partial charge in [0.05, 0.1) is 5.75 Å². The van der Waals surface area contributed by atoms with E-state index < -0.39 is 10.8 Å². The highest BCUT2D eigenvalue weighted by Crippen LogP contribution is 2.23. The topological polar surface area (TPSA) is 43.1 Å². The fourth-order valence-electron chi connectivity index (χ4n) is 1.04. The molecule has 1 aromatic carbocycles. The molecule has 0 saturated heterocycles. The van der Waals surface area contributed by atoms with Crippen molar-refractivity contribution in [3.63, 3.8) is 0 Å². The van der Waals surface area contributed by atoms with Gasteiger partial charge in [-0.3, -0.25) is 4.21 Å². The first kappa shape index (κ1) is 12.5. The van der Waals surface area contributed by atoms with Crippen LogP contribution in [0.3, 0.4) is 0 Å². The average Bonchev–Trinajstić information content (AvgIpc) is 2.08. The molecular weight excluding hydrogens is 230 g/mol. The zero-order valence-electron chi connectivity index (χ0n) is 9.21. The lowest BCUT2D eigenvalue weighted by molar-refractivity contribution is 0.648. The smallest absolute Gasteiger partial charge is 0.0505 e. The largest absolute Gasteiger partial charge is 0.399 e. The molecule has 0 aliphatic rings. The molecule has 0 fully saturated rings. The van der Waals surface area contributed by atoms with E-state index in [-0.39, 0.29) is 4.75 Å². The molecule has 1 aromatic rings. The van der Waals surface area contributed by atoms with E-state index in [2.05, 4.69) is 0 Å². The van der Waals surface area contributed by atoms with Crippen molar-refractivity contribution in [1.82, 2.24) is 0 Å². The van der Waals surface area contributed by atoms with Crippen LogP contribution in [0.4, 0.5) is 5.69 Å². The van der Waals surface area contributed by atoms with Gasteiger partial charge in [-0.25, -0.2) is 0 Å². The van der Waals surface area contributed by atoms with Gasteiger partial charge in [0, 0.05) is 26.3 Å². The predicted octanol–water partition coefficient (Wildman–Crippen LogP) is 2.97. The molecule has 15 heavy (non-hydrogen) atoms. The van der Waals surface area contributed by atoms with Gasteiger partial charge in [-0.05, 0) is 38.5 Å². The van der Waals surface area contributed by atoms with Crippen molar-refractivity contribution < 1.29 is 4.21 Å². The molecule has 0 aromatic heterocycles. The molecule has 0 spiro atoms. The third-order valence-electron chi connectivity index (χ3n) is 2.05. The predicted molar refractivity (Wildman–Crippen MR) is 67.5 cm³/mol.